The fraction of sp³-hybridized carbons (Fsp3) is 0.0526. The van der Waals surface area contributed by atoms with Crippen LogP contribution in [0, 0.1) is 11.3 Å². The molecular formula is C19H16N2. The van der Waals surface area contributed by atoms with Gasteiger partial charge in [-0.15, -0.1) is 0 Å². The summed E-state index contributed by atoms with van der Waals surface area (Å²) in [5.74, 6) is 0. The number of benzene rings is 1. The van der Waals surface area contributed by atoms with E-state index in [1.54, 1.807) is 12.3 Å². The number of aromatic nitrogens is 1. The monoisotopic (exact) mass is 272 g/mol. The highest BCUT2D eigenvalue weighted by Crippen LogP contribution is 2.25. The molecule has 0 aliphatic heterocycles. The van der Waals surface area contributed by atoms with Crippen LogP contribution in [0.15, 0.2) is 79.0 Å². The first kappa shape index (κ1) is 14.5. The second-order valence-electron chi connectivity index (χ2n) is 4.44. The molecule has 0 aliphatic rings. The fourth-order valence-electron chi connectivity index (χ4n) is 2.09. The van der Waals surface area contributed by atoms with Gasteiger partial charge in [-0.3, -0.25) is 4.98 Å². The quantitative estimate of drug-likeness (QED) is 0.592. The molecule has 2 aromatic rings. The standard InChI is InChI=1S/C19H16N2/c1-3-8-18(15(4-2)14-20)17-11-12-21-19(13-17)16-9-6-5-7-10-16/h3-13H,2H2,1H3/b8-3-,18-15-. The largest absolute Gasteiger partial charge is 0.256 e. The van der Waals surface area contributed by atoms with Gasteiger partial charge in [-0.1, -0.05) is 55.1 Å². The second-order valence-corrected chi connectivity index (χ2v) is 4.44. The van der Waals surface area contributed by atoms with Crippen molar-refractivity contribution in [2.24, 2.45) is 0 Å². The van der Waals surface area contributed by atoms with E-state index in [4.69, 9.17) is 0 Å². The van der Waals surface area contributed by atoms with Gasteiger partial charge in [0.05, 0.1) is 17.3 Å². The summed E-state index contributed by atoms with van der Waals surface area (Å²) >= 11 is 0. The third kappa shape index (κ3) is 3.34. The Morgan fingerprint density at radius 2 is 2.00 bits per heavy atom. The highest BCUT2D eigenvalue weighted by Gasteiger charge is 2.06. The molecule has 0 bridgehead atoms. The third-order valence-corrected chi connectivity index (χ3v) is 3.09. The minimum atomic E-state index is 0.554. The summed E-state index contributed by atoms with van der Waals surface area (Å²) in [5, 5.41) is 9.24. The van der Waals surface area contributed by atoms with E-state index >= 15 is 0 Å². The van der Waals surface area contributed by atoms with Crippen LogP contribution in [0.1, 0.15) is 12.5 Å². The number of rotatable bonds is 4. The Balaban J connectivity index is 2.57. The Bertz CT molecular complexity index is 732. The lowest BCUT2D eigenvalue weighted by atomic mass is 9.99. The third-order valence-electron chi connectivity index (χ3n) is 3.09. The van der Waals surface area contributed by atoms with Gasteiger partial charge in [0.25, 0.3) is 0 Å². The van der Waals surface area contributed by atoms with Gasteiger partial charge in [-0.2, -0.15) is 5.26 Å². The van der Waals surface area contributed by atoms with Crippen LogP contribution in [-0.2, 0) is 0 Å². The van der Waals surface area contributed by atoms with Gasteiger partial charge in [-0.25, -0.2) is 0 Å². The fourth-order valence-corrected chi connectivity index (χ4v) is 2.09. The van der Waals surface area contributed by atoms with Gasteiger partial charge in [-0.05, 0) is 30.2 Å². The molecule has 102 valence electrons. The molecule has 0 fully saturated rings. The second kappa shape index (κ2) is 7.02. The van der Waals surface area contributed by atoms with Crippen LogP contribution in [0.4, 0.5) is 0 Å². The van der Waals surface area contributed by atoms with Gasteiger partial charge in [0.1, 0.15) is 0 Å². The molecule has 1 aromatic carbocycles. The van der Waals surface area contributed by atoms with E-state index in [0.29, 0.717) is 5.57 Å². The molecule has 2 nitrogen and oxygen atoms in total. The SMILES string of the molecule is C=C/C(C#N)=C(\C=C/C)c1ccnc(-c2ccccc2)c1. The number of nitriles is 1. The van der Waals surface area contributed by atoms with E-state index in [1.807, 2.05) is 61.5 Å². The Labute approximate surface area is 125 Å². The van der Waals surface area contributed by atoms with Crippen molar-refractivity contribution in [3.63, 3.8) is 0 Å². The van der Waals surface area contributed by atoms with Crippen LogP contribution in [-0.4, -0.2) is 4.98 Å². The maximum atomic E-state index is 9.24. The maximum Gasteiger partial charge on any atom is 0.0997 e. The van der Waals surface area contributed by atoms with Crippen molar-refractivity contribution in [3.05, 3.63) is 84.6 Å². The Morgan fingerprint density at radius 3 is 2.62 bits per heavy atom. The molecule has 0 N–H and O–H groups in total. The molecule has 0 saturated heterocycles. The van der Waals surface area contributed by atoms with Crippen molar-refractivity contribution in [2.75, 3.05) is 0 Å². The van der Waals surface area contributed by atoms with E-state index in [1.165, 1.54) is 0 Å². The molecule has 0 spiro atoms. The van der Waals surface area contributed by atoms with Crippen LogP contribution in [0.3, 0.4) is 0 Å². The Kier molecular flexibility index (Phi) is 4.84. The summed E-state index contributed by atoms with van der Waals surface area (Å²) in [5.41, 5.74) is 4.30. The van der Waals surface area contributed by atoms with Crippen molar-refractivity contribution >= 4 is 5.57 Å². The minimum Gasteiger partial charge on any atom is -0.256 e. The Morgan fingerprint density at radius 1 is 1.24 bits per heavy atom. The summed E-state index contributed by atoms with van der Waals surface area (Å²) in [6.07, 6.45) is 7.18. The minimum absolute atomic E-state index is 0.554. The van der Waals surface area contributed by atoms with E-state index < -0.39 is 0 Å². The van der Waals surface area contributed by atoms with Crippen LogP contribution in [0.2, 0.25) is 0 Å². The van der Waals surface area contributed by atoms with Gasteiger partial charge in [0.2, 0.25) is 0 Å². The summed E-state index contributed by atoms with van der Waals surface area (Å²) in [7, 11) is 0. The highest BCUT2D eigenvalue weighted by atomic mass is 14.7. The first-order valence-electron chi connectivity index (χ1n) is 6.71. The zero-order valence-electron chi connectivity index (χ0n) is 12.0. The molecule has 0 unspecified atom stereocenters. The lowest BCUT2D eigenvalue weighted by molar-refractivity contribution is 1.31. The van der Waals surface area contributed by atoms with Crippen LogP contribution >= 0.6 is 0 Å². The van der Waals surface area contributed by atoms with E-state index in [2.05, 4.69) is 17.6 Å². The molecule has 0 atom stereocenters. The average molecular weight is 272 g/mol. The number of allylic oxidation sites excluding steroid dienone is 5. The molecule has 0 radical (unpaired) electrons. The van der Waals surface area contributed by atoms with Gasteiger partial charge < -0.3 is 0 Å². The van der Waals surface area contributed by atoms with Crippen molar-refractivity contribution in [1.29, 1.82) is 5.26 Å². The van der Waals surface area contributed by atoms with Crippen molar-refractivity contribution in [1.82, 2.24) is 4.98 Å². The molecule has 1 heterocycles. The molecule has 2 heteroatoms. The number of hydrogen-bond donors (Lipinski definition) is 0. The molecular weight excluding hydrogens is 256 g/mol. The lowest BCUT2D eigenvalue weighted by Crippen LogP contribution is -1.90. The van der Waals surface area contributed by atoms with Crippen molar-refractivity contribution in [3.8, 4) is 17.3 Å². The van der Waals surface area contributed by atoms with E-state index in [-0.39, 0.29) is 0 Å². The first-order chi connectivity index (χ1) is 10.3. The lowest BCUT2D eigenvalue weighted by Gasteiger charge is -2.07. The predicted octanol–water partition coefficient (Wildman–Crippen LogP) is 4.79. The van der Waals surface area contributed by atoms with Gasteiger partial charge in [0.15, 0.2) is 0 Å². The molecule has 2 rings (SSSR count). The average Bonchev–Trinajstić information content (AvgIpc) is 2.56. The molecule has 21 heavy (non-hydrogen) atoms. The molecule has 0 amide bonds. The molecule has 0 saturated carbocycles. The summed E-state index contributed by atoms with van der Waals surface area (Å²) < 4.78 is 0. The summed E-state index contributed by atoms with van der Waals surface area (Å²) in [4.78, 5) is 4.41. The van der Waals surface area contributed by atoms with E-state index in [9.17, 15) is 5.26 Å². The maximum absolute atomic E-state index is 9.24. The zero-order valence-corrected chi connectivity index (χ0v) is 12.0. The number of nitrogens with zero attached hydrogens (tertiary/aromatic N) is 2. The van der Waals surface area contributed by atoms with Crippen LogP contribution in [0.5, 0.6) is 0 Å². The molecule has 1 aromatic heterocycles. The van der Waals surface area contributed by atoms with Crippen LogP contribution in [0.25, 0.3) is 16.8 Å². The zero-order chi connectivity index (χ0) is 15.1. The predicted molar refractivity (Wildman–Crippen MR) is 87.2 cm³/mol. The van der Waals surface area contributed by atoms with Crippen molar-refractivity contribution < 1.29 is 0 Å². The number of pyridine rings is 1. The Hall–Kier alpha value is -2.92. The van der Waals surface area contributed by atoms with Gasteiger partial charge >= 0.3 is 0 Å². The molecule has 0 aliphatic carbocycles. The normalized spacial score (nSPS) is 11.8. The summed E-state index contributed by atoms with van der Waals surface area (Å²) in [6.45, 7) is 5.64. The van der Waals surface area contributed by atoms with E-state index in [0.717, 1.165) is 22.4 Å². The van der Waals surface area contributed by atoms with Crippen molar-refractivity contribution in [2.45, 2.75) is 6.92 Å². The topological polar surface area (TPSA) is 36.7 Å². The van der Waals surface area contributed by atoms with Crippen LogP contribution < -0.4 is 0 Å². The first-order valence-corrected chi connectivity index (χ1v) is 6.71. The number of hydrogen-bond acceptors (Lipinski definition) is 2. The van der Waals surface area contributed by atoms with Gasteiger partial charge in [0, 0.05) is 11.8 Å². The summed E-state index contributed by atoms with van der Waals surface area (Å²) in [6, 6.07) is 16.1. The highest BCUT2D eigenvalue weighted by molar-refractivity contribution is 5.82. The smallest absolute Gasteiger partial charge is 0.0997 e.